The highest BCUT2D eigenvalue weighted by Gasteiger charge is 2.33. The van der Waals surface area contributed by atoms with Crippen LogP contribution in [0, 0.1) is 0 Å². The van der Waals surface area contributed by atoms with E-state index in [1.807, 2.05) is 0 Å². The van der Waals surface area contributed by atoms with Crippen LogP contribution in [0.3, 0.4) is 0 Å². The van der Waals surface area contributed by atoms with Gasteiger partial charge in [-0.1, -0.05) is 0 Å². The largest absolute Gasteiger partial charge is 0.433 e. The zero-order valence-electron chi connectivity index (χ0n) is 7.05. The molecule has 1 aromatic rings. The van der Waals surface area contributed by atoms with Gasteiger partial charge in [-0.2, -0.15) is 13.2 Å². The summed E-state index contributed by atoms with van der Waals surface area (Å²) in [7, 11) is 0. The molecular formula is C8H4F5NO. The van der Waals surface area contributed by atoms with E-state index in [0.717, 1.165) is 0 Å². The lowest BCUT2D eigenvalue weighted by Crippen LogP contribution is -2.10. The van der Waals surface area contributed by atoms with Crippen LogP contribution in [0.4, 0.5) is 22.0 Å². The summed E-state index contributed by atoms with van der Waals surface area (Å²) < 4.78 is 60.5. The molecule has 0 radical (unpaired) electrons. The lowest BCUT2D eigenvalue weighted by atomic mass is 10.1. The van der Waals surface area contributed by atoms with Gasteiger partial charge < -0.3 is 0 Å². The van der Waals surface area contributed by atoms with Gasteiger partial charge >= 0.3 is 6.18 Å². The summed E-state index contributed by atoms with van der Waals surface area (Å²) in [6, 6.07) is 0.300. The number of pyridine rings is 1. The number of aldehydes is 1. The Bertz CT molecular complexity index is 374. The third kappa shape index (κ3) is 2.48. The fourth-order valence-electron chi connectivity index (χ4n) is 0.921. The van der Waals surface area contributed by atoms with Crippen LogP contribution in [0.2, 0.25) is 0 Å². The first-order chi connectivity index (χ1) is 6.86. The first-order valence-electron chi connectivity index (χ1n) is 3.66. The molecule has 0 spiro atoms. The zero-order valence-corrected chi connectivity index (χ0v) is 7.05. The van der Waals surface area contributed by atoms with Gasteiger partial charge in [0.2, 0.25) is 0 Å². The van der Waals surface area contributed by atoms with Crippen molar-refractivity contribution in [1.82, 2.24) is 4.98 Å². The number of hydrogen-bond acceptors (Lipinski definition) is 2. The van der Waals surface area contributed by atoms with Crippen molar-refractivity contribution in [3.8, 4) is 0 Å². The standard InChI is InChI=1S/C8H4F5NO/c9-7(10)5-2-14-6(8(11,12)13)1-4(5)3-15/h1-3,7H. The Kier molecular flexibility index (Phi) is 3.01. The minimum atomic E-state index is -4.75. The van der Waals surface area contributed by atoms with E-state index in [-0.39, 0.29) is 6.29 Å². The number of halogens is 5. The third-order valence-corrected chi connectivity index (χ3v) is 1.62. The van der Waals surface area contributed by atoms with Crippen LogP contribution < -0.4 is 0 Å². The van der Waals surface area contributed by atoms with Crippen molar-refractivity contribution < 1.29 is 26.7 Å². The molecule has 1 heterocycles. The van der Waals surface area contributed by atoms with Gasteiger partial charge in [-0.05, 0) is 6.07 Å². The molecule has 0 atom stereocenters. The molecule has 0 N–H and O–H groups in total. The number of hydrogen-bond donors (Lipinski definition) is 0. The maximum absolute atomic E-state index is 12.2. The fourth-order valence-corrected chi connectivity index (χ4v) is 0.921. The van der Waals surface area contributed by atoms with Gasteiger partial charge in [0.05, 0.1) is 0 Å². The van der Waals surface area contributed by atoms with E-state index in [4.69, 9.17) is 0 Å². The van der Waals surface area contributed by atoms with E-state index in [0.29, 0.717) is 12.3 Å². The van der Waals surface area contributed by atoms with Gasteiger partial charge in [0.15, 0.2) is 6.29 Å². The topological polar surface area (TPSA) is 30.0 Å². The van der Waals surface area contributed by atoms with Gasteiger partial charge in [0.1, 0.15) is 5.69 Å². The van der Waals surface area contributed by atoms with Crippen molar-refractivity contribution in [2.45, 2.75) is 12.6 Å². The van der Waals surface area contributed by atoms with Crippen molar-refractivity contribution in [1.29, 1.82) is 0 Å². The van der Waals surface area contributed by atoms with E-state index in [9.17, 15) is 26.7 Å². The fraction of sp³-hybridized carbons (Fsp3) is 0.250. The first kappa shape index (κ1) is 11.5. The second-order valence-corrected chi connectivity index (χ2v) is 2.61. The summed E-state index contributed by atoms with van der Waals surface area (Å²) in [5.74, 6) is 0. The monoisotopic (exact) mass is 225 g/mol. The third-order valence-electron chi connectivity index (χ3n) is 1.62. The van der Waals surface area contributed by atoms with E-state index in [1.165, 1.54) is 0 Å². The van der Waals surface area contributed by atoms with Crippen molar-refractivity contribution in [3.63, 3.8) is 0 Å². The van der Waals surface area contributed by atoms with Crippen LogP contribution in [0.5, 0.6) is 0 Å². The molecule has 0 saturated heterocycles. The Morgan fingerprint density at radius 1 is 1.33 bits per heavy atom. The summed E-state index contributed by atoms with van der Waals surface area (Å²) in [5.41, 5.74) is -2.88. The molecule has 0 saturated carbocycles. The molecule has 82 valence electrons. The van der Waals surface area contributed by atoms with Gasteiger partial charge in [0.25, 0.3) is 6.43 Å². The maximum Gasteiger partial charge on any atom is 0.433 e. The Balaban J connectivity index is 3.25. The van der Waals surface area contributed by atoms with E-state index < -0.39 is 29.4 Å². The number of nitrogens with zero attached hydrogens (tertiary/aromatic N) is 1. The molecule has 0 amide bonds. The quantitative estimate of drug-likeness (QED) is 0.572. The molecule has 0 aliphatic rings. The highest BCUT2D eigenvalue weighted by molar-refractivity contribution is 5.77. The van der Waals surface area contributed by atoms with E-state index in [2.05, 4.69) is 4.98 Å². The molecule has 0 unspecified atom stereocenters. The molecule has 0 aromatic carbocycles. The minimum Gasteiger partial charge on any atom is -0.298 e. The summed E-state index contributed by atoms with van der Waals surface area (Å²) in [6.07, 6.45) is -7.48. The van der Waals surface area contributed by atoms with Crippen LogP contribution in [-0.2, 0) is 6.18 Å². The summed E-state index contributed by atoms with van der Waals surface area (Å²) >= 11 is 0. The summed E-state index contributed by atoms with van der Waals surface area (Å²) in [5, 5.41) is 0. The first-order valence-corrected chi connectivity index (χ1v) is 3.66. The molecule has 0 bridgehead atoms. The van der Waals surface area contributed by atoms with Crippen LogP contribution in [0.25, 0.3) is 0 Å². The van der Waals surface area contributed by atoms with Gasteiger partial charge in [-0.3, -0.25) is 9.78 Å². The number of carbonyl (C=O) groups excluding carboxylic acids is 1. The van der Waals surface area contributed by atoms with Crippen molar-refractivity contribution in [2.75, 3.05) is 0 Å². The predicted octanol–water partition coefficient (Wildman–Crippen LogP) is 2.85. The normalized spacial score (nSPS) is 11.9. The summed E-state index contributed by atoms with van der Waals surface area (Å²) in [4.78, 5) is 13.1. The molecule has 0 fully saturated rings. The van der Waals surface area contributed by atoms with E-state index >= 15 is 0 Å². The van der Waals surface area contributed by atoms with Crippen LogP contribution in [0.15, 0.2) is 12.3 Å². The molecule has 7 heteroatoms. The number of rotatable bonds is 2. The van der Waals surface area contributed by atoms with Crippen molar-refractivity contribution in [3.05, 3.63) is 29.1 Å². The maximum atomic E-state index is 12.2. The van der Waals surface area contributed by atoms with Gasteiger partial charge in [-0.15, -0.1) is 0 Å². The number of alkyl halides is 5. The highest BCUT2D eigenvalue weighted by atomic mass is 19.4. The Hall–Kier alpha value is -1.53. The lowest BCUT2D eigenvalue weighted by molar-refractivity contribution is -0.141. The van der Waals surface area contributed by atoms with Crippen LogP contribution in [0.1, 0.15) is 28.0 Å². The molecule has 0 aliphatic heterocycles. The lowest BCUT2D eigenvalue weighted by Gasteiger charge is -2.08. The smallest absolute Gasteiger partial charge is 0.298 e. The average molecular weight is 225 g/mol. The molecule has 2 nitrogen and oxygen atoms in total. The van der Waals surface area contributed by atoms with Gasteiger partial charge in [0, 0.05) is 17.3 Å². The average Bonchev–Trinajstić information content (AvgIpc) is 2.15. The highest BCUT2D eigenvalue weighted by Crippen LogP contribution is 2.30. The Morgan fingerprint density at radius 2 is 1.93 bits per heavy atom. The molecule has 1 aromatic heterocycles. The van der Waals surface area contributed by atoms with Crippen LogP contribution >= 0.6 is 0 Å². The molecule has 0 aliphatic carbocycles. The number of aromatic nitrogens is 1. The summed E-state index contributed by atoms with van der Waals surface area (Å²) in [6.45, 7) is 0. The molecule has 15 heavy (non-hydrogen) atoms. The Labute approximate surface area is 80.7 Å². The second kappa shape index (κ2) is 3.92. The predicted molar refractivity (Wildman–Crippen MR) is 39.6 cm³/mol. The second-order valence-electron chi connectivity index (χ2n) is 2.61. The minimum absolute atomic E-state index is 0.0571. The zero-order chi connectivity index (χ0) is 11.6. The molecule has 1 rings (SSSR count). The van der Waals surface area contributed by atoms with E-state index in [1.54, 1.807) is 0 Å². The van der Waals surface area contributed by atoms with Crippen molar-refractivity contribution in [2.24, 2.45) is 0 Å². The van der Waals surface area contributed by atoms with Crippen molar-refractivity contribution >= 4 is 6.29 Å². The Morgan fingerprint density at radius 3 is 2.33 bits per heavy atom. The SMILES string of the molecule is O=Cc1cc(C(F)(F)F)ncc1C(F)F. The van der Waals surface area contributed by atoms with Gasteiger partial charge in [-0.25, -0.2) is 8.78 Å². The molecular weight excluding hydrogens is 221 g/mol. The number of carbonyl (C=O) groups is 1. The van der Waals surface area contributed by atoms with Crippen LogP contribution in [-0.4, -0.2) is 11.3 Å².